The lowest BCUT2D eigenvalue weighted by Crippen LogP contribution is -2.55. The van der Waals surface area contributed by atoms with Crippen LogP contribution in [0.15, 0.2) is 0 Å². The van der Waals surface area contributed by atoms with Gasteiger partial charge in [0.05, 0.1) is 23.9 Å². The van der Waals surface area contributed by atoms with Crippen LogP contribution in [-0.4, -0.2) is 22.9 Å². The molecule has 0 amide bonds. The number of hydrogen-bond acceptors (Lipinski definition) is 3. The van der Waals surface area contributed by atoms with Crippen LogP contribution in [0.3, 0.4) is 0 Å². The lowest BCUT2D eigenvalue weighted by Gasteiger charge is -2.44. The second kappa shape index (κ2) is 3.49. The topological polar surface area (TPSA) is 53.2 Å². The molecule has 18 heavy (non-hydrogen) atoms. The molecule has 3 heteroatoms. The predicted octanol–water partition coefficient (Wildman–Crippen LogP) is 2.63. The van der Waals surface area contributed by atoms with Crippen LogP contribution in [0.5, 0.6) is 0 Å². The molecule has 1 N–H and O–H groups in total. The lowest BCUT2D eigenvalue weighted by atomic mass is 9.60. The van der Waals surface area contributed by atoms with E-state index in [4.69, 9.17) is 4.74 Å². The monoisotopic (exact) mass is 249 g/mol. The van der Waals surface area contributed by atoms with E-state index in [1.54, 1.807) is 0 Å². The van der Waals surface area contributed by atoms with Crippen molar-refractivity contribution in [2.24, 2.45) is 16.7 Å². The number of nitrogens with zero attached hydrogens (tertiary/aromatic N) is 1. The van der Waals surface area contributed by atoms with Crippen LogP contribution in [0.1, 0.15) is 52.9 Å². The molecule has 3 fully saturated rings. The zero-order valence-electron chi connectivity index (χ0n) is 11.6. The van der Waals surface area contributed by atoms with Crippen molar-refractivity contribution < 1.29 is 9.84 Å². The maximum atomic E-state index is 11.3. The second-order valence-corrected chi connectivity index (χ2v) is 7.48. The van der Waals surface area contributed by atoms with Gasteiger partial charge in [0.15, 0.2) is 0 Å². The van der Waals surface area contributed by atoms with Gasteiger partial charge in [-0.3, -0.25) is 0 Å². The molecule has 3 aliphatic rings. The van der Waals surface area contributed by atoms with Gasteiger partial charge in [0, 0.05) is 0 Å². The molecule has 0 spiro atoms. The lowest BCUT2D eigenvalue weighted by molar-refractivity contribution is -0.109. The summed E-state index contributed by atoms with van der Waals surface area (Å²) in [4.78, 5) is 0. The van der Waals surface area contributed by atoms with E-state index in [9.17, 15) is 10.4 Å². The predicted molar refractivity (Wildman–Crippen MR) is 67.7 cm³/mol. The smallest absolute Gasteiger partial charge is 0.115 e. The zero-order chi connectivity index (χ0) is 13.2. The third-order valence-electron chi connectivity index (χ3n) is 5.60. The maximum absolute atomic E-state index is 11.3. The van der Waals surface area contributed by atoms with E-state index in [0.717, 1.165) is 32.1 Å². The first-order valence-electron chi connectivity index (χ1n) is 7.12. The molecule has 2 aliphatic heterocycles. The summed E-state index contributed by atoms with van der Waals surface area (Å²) in [6, 6.07) is 2.48. The highest BCUT2D eigenvalue weighted by atomic mass is 16.5. The first-order chi connectivity index (χ1) is 8.33. The van der Waals surface area contributed by atoms with Crippen LogP contribution < -0.4 is 0 Å². The van der Waals surface area contributed by atoms with Crippen LogP contribution >= 0.6 is 0 Å². The fourth-order valence-corrected chi connectivity index (χ4v) is 4.95. The third-order valence-corrected chi connectivity index (χ3v) is 5.60. The van der Waals surface area contributed by atoms with Crippen molar-refractivity contribution in [2.75, 3.05) is 0 Å². The van der Waals surface area contributed by atoms with E-state index >= 15 is 0 Å². The van der Waals surface area contributed by atoms with Gasteiger partial charge in [0.2, 0.25) is 0 Å². The number of ether oxygens (including phenoxy) is 1. The number of fused-ring (bicyclic) bond motifs is 2. The Bertz CT molecular complexity index is 413. The van der Waals surface area contributed by atoms with E-state index in [2.05, 4.69) is 26.8 Å². The van der Waals surface area contributed by atoms with Crippen LogP contribution in [0.4, 0.5) is 0 Å². The van der Waals surface area contributed by atoms with Crippen molar-refractivity contribution in [3.8, 4) is 6.07 Å². The second-order valence-electron chi connectivity index (χ2n) is 7.48. The van der Waals surface area contributed by atoms with Crippen molar-refractivity contribution in [3.63, 3.8) is 0 Å². The van der Waals surface area contributed by atoms with Crippen molar-refractivity contribution >= 4 is 0 Å². The van der Waals surface area contributed by atoms with Gasteiger partial charge in [-0.2, -0.15) is 5.26 Å². The van der Waals surface area contributed by atoms with Gasteiger partial charge in [-0.25, -0.2) is 0 Å². The fraction of sp³-hybridized carbons (Fsp3) is 0.933. The molecule has 1 saturated carbocycles. The Morgan fingerprint density at radius 2 is 2.00 bits per heavy atom. The molecule has 1 aliphatic carbocycles. The number of nitriles is 1. The maximum Gasteiger partial charge on any atom is 0.115 e. The van der Waals surface area contributed by atoms with Gasteiger partial charge in [0.1, 0.15) is 5.41 Å². The Balaban J connectivity index is 2.00. The third kappa shape index (κ3) is 1.37. The van der Waals surface area contributed by atoms with E-state index < -0.39 is 11.0 Å². The Morgan fingerprint density at radius 3 is 2.39 bits per heavy atom. The molecular weight excluding hydrogens is 226 g/mol. The number of rotatable bonds is 1. The van der Waals surface area contributed by atoms with Crippen LogP contribution in [0.2, 0.25) is 0 Å². The normalized spacial score (nSPS) is 53.6. The minimum Gasteiger partial charge on any atom is -0.388 e. The van der Waals surface area contributed by atoms with E-state index in [1.807, 2.05) is 0 Å². The van der Waals surface area contributed by atoms with E-state index in [0.29, 0.717) is 0 Å². The summed E-state index contributed by atoms with van der Waals surface area (Å²) >= 11 is 0. The molecule has 0 radical (unpaired) electrons. The van der Waals surface area contributed by atoms with Crippen molar-refractivity contribution in [3.05, 3.63) is 0 Å². The zero-order valence-corrected chi connectivity index (χ0v) is 11.6. The largest absolute Gasteiger partial charge is 0.388 e. The van der Waals surface area contributed by atoms with E-state index in [-0.39, 0.29) is 23.5 Å². The molecule has 100 valence electrons. The summed E-state index contributed by atoms with van der Waals surface area (Å²) in [5.74, 6) is 0.176. The van der Waals surface area contributed by atoms with Gasteiger partial charge < -0.3 is 9.84 Å². The first kappa shape index (κ1) is 12.4. The molecule has 5 atom stereocenters. The summed E-state index contributed by atoms with van der Waals surface area (Å²) in [6.45, 7) is 6.49. The first-order valence-corrected chi connectivity index (χ1v) is 7.12. The molecule has 3 rings (SSSR count). The minimum atomic E-state index is -0.870. The average molecular weight is 249 g/mol. The van der Waals surface area contributed by atoms with E-state index in [1.165, 1.54) is 0 Å². The highest BCUT2D eigenvalue weighted by Crippen LogP contribution is 2.62. The SMILES string of the molecule is CC1CC(C)(C)CC1(O)C1(C#N)CC2CCC1O2. The molecule has 2 saturated heterocycles. The molecule has 2 bridgehead atoms. The van der Waals surface area contributed by atoms with Gasteiger partial charge in [-0.1, -0.05) is 20.8 Å². The number of hydrogen-bond donors (Lipinski definition) is 1. The molecular formula is C15H23NO2. The van der Waals surface area contributed by atoms with Crippen molar-refractivity contribution in [2.45, 2.75) is 70.7 Å². The number of aliphatic hydroxyl groups is 1. The molecule has 0 aromatic carbocycles. The Labute approximate surface area is 109 Å². The Kier molecular flexibility index (Phi) is 2.41. The summed E-state index contributed by atoms with van der Waals surface area (Å²) in [7, 11) is 0. The Hall–Kier alpha value is -0.590. The minimum absolute atomic E-state index is 0.0474. The molecule has 0 aromatic heterocycles. The van der Waals surface area contributed by atoms with Crippen LogP contribution in [0, 0.1) is 28.1 Å². The van der Waals surface area contributed by atoms with Gasteiger partial charge in [-0.05, 0) is 43.4 Å². The molecule has 3 nitrogen and oxygen atoms in total. The summed E-state index contributed by atoms with van der Waals surface area (Å²) in [5, 5.41) is 21.0. The standard InChI is InChI=1S/C15H23NO2/c1-10-6-13(2,3)8-15(10,17)14(9-16)7-11-4-5-12(14)18-11/h10-12,17H,4-8H2,1-3H3. The van der Waals surface area contributed by atoms with Crippen LogP contribution in [0.25, 0.3) is 0 Å². The molecule has 0 aromatic rings. The highest BCUT2D eigenvalue weighted by molar-refractivity contribution is 5.24. The Morgan fingerprint density at radius 1 is 1.28 bits per heavy atom. The molecule has 2 heterocycles. The summed E-state index contributed by atoms with van der Waals surface area (Å²) in [6.07, 6.45) is 4.59. The quantitative estimate of drug-likeness (QED) is 0.777. The average Bonchev–Trinajstić information content (AvgIpc) is 2.91. The highest BCUT2D eigenvalue weighted by Gasteiger charge is 2.68. The van der Waals surface area contributed by atoms with Crippen LogP contribution in [-0.2, 0) is 4.74 Å². The summed E-state index contributed by atoms with van der Waals surface area (Å²) < 4.78 is 5.89. The van der Waals surface area contributed by atoms with Crippen molar-refractivity contribution in [1.82, 2.24) is 0 Å². The van der Waals surface area contributed by atoms with Gasteiger partial charge >= 0.3 is 0 Å². The molecule has 5 unspecified atom stereocenters. The van der Waals surface area contributed by atoms with Crippen molar-refractivity contribution in [1.29, 1.82) is 5.26 Å². The van der Waals surface area contributed by atoms with Gasteiger partial charge in [0.25, 0.3) is 0 Å². The summed E-state index contributed by atoms with van der Waals surface area (Å²) in [5.41, 5.74) is -1.41. The fourth-order valence-electron chi connectivity index (χ4n) is 4.95. The van der Waals surface area contributed by atoms with Gasteiger partial charge in [-0.15, -0.1) is 0 Å².